The molecular formula is C19H26N2O6S. The molecule has 0 bridgehead atoms. The molecule has 8 nitrogen and oxygen atoms in total. The third-order valence-electron chi connectivity index (χ3n) is 5.71. The number of fused-ring (bicyclic) bond motifs is 1. The van der Waals surface area contributed by atoms with Crippen molar-refractivity contribution in [1.29, 1.82) is 0 Å². The minimum absolute atomic E-state index is 0.116. The number of aromatic hydroxyl groups is 1. The summed E-state index contributed by atoms with van der Waals surface area (Å²) in [5, 5.41) is 19.5. The maximum atomic E-state index is 12.1. The highest BCUT2D eigenvalue weighted by Gasteiger charge is 2.36. The Labute approximate surface area is 164 Å². The van der Waals surface area contributed by atoms with Gasteiger partial charge in [0.2, 0.25) is 0 Å². The molecule has 3 N–H and O–H groups in total. The Morgan fingerprint density at radius 2 is 2.04 bits per heavy atom. The highest BCUT2D eigenvalue weighted by molar-refractivity contribution is 7.92. The van der Waals surface area contributed by atoms with Gasteiger partial charge < -0.3 is 10.2 Å². The van der Waals surface area contributed by atoms with E-state index in [0.717, 1.165) is 47.5 Å². The number of carboxylic acid groups (broad SMARTS) is 1. The van der Waals surface area contributed by atoms with E-state index in [1.54, 1.807) is 26.0 Å². The fraction of sp³-hybridized carbons (Fsp3) is 0.579. The zero-order valence-corrected chi connectivity index (χ0v) is 16.9. The lowest BCUT2D eigenvalue weighted by Crippen LogP contribution is -2.30. The Balaban J connectivity index is 1.73. The van der Waals surface area contributed by atoms with E-state index in [2.05, 4.69) is 0 Å². The minimum atomic E-state index is -3.97. The number of carbonyl (C=O) groups is 2. The van der Waals surface area contributed by atoms with Gasteiger partial charge in [-0.1, -0.05) is 12.8 Å². The standard InChI is InChI=1S/C19H26N2O6S/c1-19(2,18(24)25)7-3-4-12-5-6-13-10-16(22)15(9-14(13)8-12)21-11-17(23)20-28(21,26)27/h9-10,12,22H,3-8,11H2,1-2H3,(H,20,23)(H,24,25). The van der Waals surface area contributed by atoms with Gasteiger partial charge in [0.15, 0.2) is 0 Å². The average Bonchev–Trinajstić information content (AvgIpc) is 2.86. The van der Waals surface area contributed by atoms with Gasteiger partial charge in [0.1, 0.15) is 12.3 Å². The molecule has 0 aromatic heterocycles. The van der Waals surface area contributed by atoms with E-state index in [0.29, 0.717) is 12.3 Å². The number of phenols is 1. The van der Waals surface area contributed by atoms with E-state index in [4.69, 9.17) is 0 Å². The molecule has 0 spiro atoms. The number of carbonyl (C=O) groups excluding carboxylic acids is 1. The zero-order chi connectivity index (χ0) is 20.7. The van der Waals surface area contributed by atoms with Crippen molar-refractivity contribution in [2.24, 2.45) is 11.3 Å². The molecule has 1 amide bonds. The summed E-state index contributed by atoms with van der Waals surface area (Å²) >= 11 is 0. The molecule has 1 aromatic carbocycles. The van der Waals surface area contributed by atoms with E-state index in [-0.39, 0.29) is 18.0 Å². The van der Waals surface area contributed by atoms with Crippen molar-refractivity contribution in [3.05, 3.63) is 23.3 Å². The monoisotopic (exact) mass is 410 g/mol. The molecule has 1 unspecified atom stereocenters. The quantitative estimate of drug-likeness (QED) is 0.659. The van der Waals surface area contributed by atoms with Gasteiger partial charge in [-0.2, -0.15) is 8.42 Å². The molecule has 1 aromatic rings. The number of anilines is 1. The van der Waals surface area contributed by atoms with Gasteiger partial charge >= 0.3 is 16.2 Å². The number of benzene rings is 1. The highest BCUT2D eigenvalue weighted by atomic mass is 32.2. The molecule has 3 rings (SSSR count). The predicted molar refractivity (Wildman–Crippen MR) is 103 cm³/mol. The SMILES string of the molecule is CC(C)(CCCC1CCc2cc(O)c(N3CC(=O)NS3(=O)=O)cc2C1)C(=O)O. The van der Waals surface area contributed by atoms with E-state index >= 15 is 0 Å². The summed E-state index contributed by atoms with van der Waals surface area (Å²) in [4.78, 5) is 22.7. The Kier molecular flexibility index (Phi) is 5.31. The van der Waals surface area contributed by atoms with E-state index < -0.39 is 27.5 Å². The number of rotatable bonds is 6. The number of amides is 1. The summed E-state index contributed by atoms with van der Waals surface area (Å²) < 4.78 is 27.0. The number of phenolic OH excluding ortho intramolecular Hbond substituents is 1. The predicted octanol–water partition coefficient (Wildman–Crippen LogP) is 1.96. The maximum absolute atomic E-state index is 12.1. The van der Waals surface area contributed by atoms with Crippen LogP contribution in [0.3, 0.4) is 0 Å². The number of nitrogens with zero attached hydrogens (tertiary/aromatic N) is 1. The molecule has 9 heteroatoms. The summed E-state index contributed by atoms with van der Waals surface area (Å²) in [5.41, 5.74) is 1.33. The van der Waals surface area contributed by atoms with Crippen LogP contribution in [0.4, 0.5) is 5.69 Å². The lowest BCUT2D eigenvalue weighted by atomic mass is 9.79. The second-order valence-electron chi connectivity index (χ2n) is 8.34. The summed E-state index contributed by atoms with van der Waals surface area (Å²) in [6.45, 7) is 3.11. The zero-order valence-electron chi connectivity index (χ0n) is 16.1. The largest absolute Gasteiger partial charge is 0.506 e. The molecule has 1 atom stereocenters. The first kappa shape index (κ1) is 20.4. The molecule has 1 aliphatic heterocycles. The average molecular weight is 410 g/mol. The van der Waals surface area contributed by atoms with Gasteiger partial charge in [0, 0.05) is 0 Å². The number of carboxylic acids is 1. The van der Waals surface area contributed by atoms with Crippen molar-refractivity contribution in [1.82, 2.24) is 4.72 Å². The van der Waals surface area contributed by atoms with Gasteiger partial charge in [-0.25, -0.2) is 9.03 Å². The molecule has 1 heterocycles. The molecule has 2 aliphatic rings. The Morgan fingerprint density at radius 1 is 1.32 bits per heavy atom. The number of aliphatic carboxylic acids is 1. The molecular weight excluding hydrogens is 384 g/mol. The maximum Gasteiger partial charge on any atom is 0.326 e. The van der Waals surface area contributed by atoms with Crippen LogP contribution in [0.25, 0.3) is 0 Å². The van der Waals surface area contributed by atoms with Crippen molar-refractivity contribution in [2.45, 2.75) is 52.4 Å². The normalized spacial score (nSPS) is 21.3. The fourth-order valence-corrected chi connectivity index (χ4v) is 5.06. The van der Waals surface area contributed by atoms with Crippen LogP contribution < -0.4 is 9.03 Å². The summed E-state index contributed by atoms with van der Waals surface area (Å²) in [6, 6.07) is 3.25. The number of hydrogen-bond donors (Lipinski definition) is 3. The van der Waals surface area contributed by atoms with Crippen LogP contribution in [0.5, 0.6) is 5.75 Å². The number of hydrogen-bond acceptors (Lipinski definition) is 5. The first-order chi connectivity index (χ1) is 13.0. The van der Waals surface area contributed by atoms with Gasteiger partial charge in [-0.05, 0) is 68.7 Å². The van der Waals surface area contributed by atoms with E-state index in [1.165, 1.54) is 0 Å². The summed E-state index contributed by atoms with van der Waals surface area (Å²) in [6.07, 6.45) is 4.77. The van der Waals surface area contributed by atoms with Crippen LogP contribution in [0.1, 0.15) is 50.7 Å². The molecule has 1 fully saturated rings. The van der Waals surface area contributed by atoms with Gasteiger partial charge in [-0.3, -0.25) is 9.59 Å². The smallest absolute Gasteiger partial charge is 0.326 e. The second kappa shape index (κ2) is 7.27. The van der Waals surface area contributed by atoms with Crippen LogP contribution in [0, 0.1) is 11.3 Å². The van der Waals surface area contributed by atoms with Crippen molar-refractivity contribution in [3.8, 4) is 5.75 Å². The van der Waals surface area contributed by atoms with Crippen LogP contribution in [-0.2, 0) is 32.6 Å². The fourth-order valence-electron chi connectivity index (χ4n) is 3.91. The molecule has 0 saturated carbocycles. The van der Waals surface area contributed by atoms with E-state index in [9.17, 15) is 28.2 Å². The van der Waals surface area contributed by atoms with Crippen LogP contribution >= 0.6 is 0 Å². The van der Waals surface area contributed by atoms with Crippen molar-refractivity contribution < 1.29 is 28.2 Å². The Bertz CT molecular complexity index is 909. The molecule has 154 valence electrons. The van der Waals surface area contributed by atoms with Crippen LogP contribution in [0.15, 0.2) is 12.1 Å². The first-order valence-electron chi connectivity index (χ1n) is 9.41. The highest BCUT2D eigenvalue weighted by Crippen LogP contribution is 2.38. The van der Waals surface area contributed by atoms with Crippen LogP contribution in [0.2, 0.25) is 0 Å². The number of nitrogens with one attached hydrogen (secondary N) is 1. The summed E-state index contributed by atoms with van der Waals surface area (Å²) in [7, 11) is -3.97. The lowest BCUT2D eigenvalue weighted by molar-refractivity contribution is -0.147. The van der Waals surface area contributed by atoms with Crippen molar-refractivity contribution in [3.63, 3.8) is 0 Å². The van der Waals surface area contributed by atoms with Crippen LogP contribution in [-0.4, -0.2) is 37.1 Å². The third kappa shape index (κ3) is 4.09. The van der Waals surface area contributed by atoms with Gasteiger partial charge in [0.25, 0.3) is 5.91 Å². The Hall–Kier alpha value is -2.29. The molecule has 28 heavy (non-hydrogen) atoms. The van der Waals surface area contributed by atoms with Crippen molar-refractivity contribution >= 4 is 27.8 Å². The first-order valence-corrected chi connectivity index (χ1v) is 10.8. The molecule has 1 aliphatic carbocycles. The van der Waals surface area contributed by atoms with Gasteiger partial charge in [-0.15, -0.1) is 0 Å². The van der Waals surface area contributed by atoms with Crippen molar-refractivity contribution in [2.75, 3.05) is 10.8 Å². The summed E-state index contributed by atoms with van der Waals surface area (Å²) in [5.74, 6) is -1.20. The topological polar surface area (TPSA) is 124 Å². The Morgan fingerprint density at radius 3 is 2.64 bits per heavy atom. The lowest BCUT2D eigenvalue weighted by Gasteiger charge is -2.28. The van der Waals surface area contributed by atoms with E-state index in [1.807, 2.05) is 4.72 Å². The third-order valence-corrected chi connectivity index (χ3v) is 7.10. The van der Waals surface area contributed by atoms with Gasteiger partial charge in [0.05, 0.1) is 11.1 Å². The molecule has 1 saturated heterocycles. The number of aryl methyl sites for hydroxylation is 1. The second-order valence-corrected chi connectivity index (χ2v) is 9.93. The molecule has 0 radical (unpaired) electrons. The minimum Gasteiger partial charge on any atom is -0.506 e.